The SMILES string of the molecule is CCc1ccc(CCNC)cc1-c1ccccc1. The summed E-state index contributed by atoms with van der Waals surface area (Å²) in [4.78, 5) is 0. The van der Waals surface area contributed by atoms with Crippen LogP contribution in [0.4, 0.5) is 0 Å². The van der Waals surface area contributed by atoms with Gasteiger partial charge in [0.05, 0.1) is 0 Å². The van der Waals surface area contributed by atoms with E-state index in [9.17, 15) is 0 Å². The molecule has 94 valence electrons. The Balaban J connectivity index is 2.37. The molecule has 2 aromatic rings. The number of likely N-dealkylation sites (N-methyl/N-ethyl adjacent to an activating group) is 1. The van der Waals surface area contributed by atoms with Gasteiger partial charge in [0.1, 0.15) is 0 Å². The number of hydrogen-bond donors (Lipinski definition) is 1. The normalized spacial score (nSPS) is 10.6. The molecule has 0 aliphatic heterocycles. The Bertz CT molecular complexity index is 488. The summed E-state index contributed by atoms with van der Waals surface area (Å²) in [6.45, 7) is 3.24. The van der Waals surface area contributed by atoms with Crippen molar-refractivity contribution in [3.8, 4) is 11.1 Å². The Morgan fingerprint density at radius 1 is 1.00 bits per heavy atom. The zero-order valence-electron chi connectivity index (χ0n) is 11.2. The number of aryl methyl sites for hydroxylation is 1. The fraction of sp³-hybridized carbons (Fsp3) is 0.294. The third-order valence-electron chi connectivity index (χ3n) is 3.30. The molecule has 0 bridgehead atoms. The van der Waals surface area contributed by atoms with Crippen LogP contribution in [0.2, 0.25) is 0 Å². The van der Waals surface area contributed by atoms with Crippen molar-refractivity contribution in [3.05, 3.63) is 59.7 Å². The molecule has 2 rings (SSSR count). The lowest BCUT2D eigenvalue weighted by molar-refractivity contribution is 0.791. The molecule has 1 heteroatoms. The van der Waals surface area contributed by atoms with Crippen molar-refractivity contribution < 1.29 is 0 Å². The van der Waals surface area contributed by atoms with Crippen molar-refractivity contribution in [1.82, 2.24) is 5.32 Å². The van der Waals surface area contributed by atoms with Crippen molar-refractivity contribution in [2.45, 2.75) is 19.8 Å². The van der Waals surface area contributed by atoms with Crippen molar-refractivity contribution in [2.75, 3.05) is 13.6 Å². The maximum atomic E-state index is 3.20. The summed E-state index contributed by atoms with van der Waals surface area (Å²) < 4.78 is 0. The van der Waals surface area contributed by atoms with Gasteiger partial charge in [-0.3, -0.25) is 0 Å². The van der Waals surface area contributed by atoms with Crippen LogP contribution in [-0.4, -0.2) is 13.6 Å². The van der Waals surface area contributed by atoms with Gasteiger partial charge in [-0.05, 0) is 48.7 Å². The third-order valence-corrected chi connectivity index (χ3v) is 3.30. The molecule has 18 heavy (non-hydrogen) atoms. The van der Waals surface area contributed by atoms with E-state index < -0.39 is 0 Å². The number of benzene rings is 2. The summed E-state index contributed by atoms with van der Waals surface area (Å²) in [6.07, 6.45) is 2.16. The largest absolute Gasteiger partial charge is 0.319 e. The third kappa shape index (κ3) is 2.99. The van der Waals surface area contributed by atoms with E-state index in [4.69, 9.17) is 0 Å². The second-order valence-electron chi connectivity index (χ2n) is 4.56. The molecule has 0 aliphatic rings. The maximum Gasteiger partial charge on any atom is -0.00114 e. The van der Waals surface area contributed by atoms with Crippen LogP contribution in [0.5, 0.6) is 0 Å². The lowest BCUT2D eigenvalue weighted by atomic mass is 9.95. The molecule has 0 amide bonds. The molecule has 0 radical (unpaired) electrons. The Morgan fingerprint density at radius 3 is 2.44 bits per heavy atom. The van der Waals surface area contributed by atoms with E-state index in [0.717, 1.165) is 19.4 Å². The minimum absolute atomic E-state index is 1.03. The molecule has 2 aromatic carbocycles. The van der Waals surface area contributed by atoms with Crippen molar-refractivity contribution in [2.24, 2.45) is 0 Å². The molecule has 0 atom stereocenters. The first-order chi connectivity index (χ1) is 8.85. The van der Waals surface area contributed by atoms with E-state index in [2.05, 4.69) is 60.8 Å². The number of rotatable bonds is 5. The van der Waals surface area contributed by atoms with E-state index >= 15 is 0 Å². The van der Waals surface area contributed by atoms with Crippen LogP contribution in [-0.2, 0) is 12.8 Å². The van der Waals surface area contributed by atoms with E-state index in [-0.39, 0.29) is 0 Å². The van der Waals surface area contributed by atoms with Gasteiger partial charge >= 0.3 is 0 Å². The molecular formula is C17H21N. The molecular weight excluding hydrogens is 218 g/mol. The second-order valence-corrected chi connectivity index (χ2v) is 4.56. The van der Waals surface area contributed by atoms with Crippen LogP contribution >= 0.6 is 0 Å². The molecule has 0 heterocycles. The summed E-state index contributed by atoms with van der Waals surface area (Å²) in [7, 11) is 2.00. The van der Waals surface area contributed by atoms with Crippen LogP contribution in [0, 0.1) is 0 Å². The van der Waals surface area contributed by atoms with E-state index in [1.165, 1.54) is 22.3 Å². The van der Waals surface area contributed by atoms with Gasteiger partial charge in [0, 0.05) is 0 Å². The first-order valence-electron chi connectivity index (χ1n) is 6.67. The van der Waals surface area contributed by atoms with Crippen LogP contribution < -0.4 is 5.32 Å². The molecule has 0 unspecified atom stereocenters. The second kappa shape index (κ2) is 6.36. The highest BCUT2D eigenvalue weighted by molar-refractivity contribution is 5.68. The highest BCUT2D eigenvalue weighted by Gasteiger charge is 2.04. The zero-order chi connectivity index (χ0) is 12.8. The number of nitrogens with one attached hydrogen (secondary N) is 1. The Kier molecular flexibility index (Phi) is 4.54. The highest BCUT2D eigenvalue weighted by Crippen LogP contribution is 2.25. The molecule has 0 spiro atoms. The summed E-state index contributed by atoms with van der Waals surface area (Å²) in [5.41, 5.74) is 5.53. The quantitative estimate of drug-likeness (QED) is 0.839. The molecule has 0 aromatic heterocycles. The molecule has 0 fully saturated rings. The zero-order valence-corrected chi connectivity index (χ0v) is 11.2. The Morgan fingerprint density at radius 2 is 1.78 bits per heavy atom. The Hall–Kier alpha value is -1.60. The van der Waals surface area contributed by atoms with Gasteiger partial charge in [-0.25, -0.2) is 0 Å². The first-order valence-corrected chi connectivity index (χ1v) is 6.67. The van der Waals surface area contributed by atoms with Gasteiger partial charge in [0.15, 0.2) is 0 Å². The van der Waals surface area contributed by atoms with Gasteiger partial charge < -0.3 is 5.32 Å². The van der Waals surface area contributed by atoms with Crippen LogP contribution in [0.3, 0.4) is 0 Å². The summed E-state index contributed by atoms with van der Waals surface area (Å²) in [5.74, 6) is 0. The van der Waals surface area contributed by atoms with E-state index in [1.807, 2.05) is 7.05 Å². The van der Waals surface area contributed by atoms with Gasteiger partial charge in [-0.1, -0.05) is 55.5 Å². The molecule has 1 nitrogen and oxygen atoms in total. The maximum absolute atomic E-state index is 3.20. The first kappa shape index (κ1) is 12.8. The van der Waals surface area contributed by atoms with Crippen molar-refractivity contribution in [3.63, 3.8) is 0 Å². The van der Waals surface area contributed by atoms with Crippen molar-refractivity contribution >= 4 is 0 Å². The fourth-order valence-corrected chi connectivity index (χ4v) is 2.24. The number of hydrogen-bond acceptors (Lipinski definition) is 1. The smallest absolute Gasteiger partial charge is 0.00114 e. The minimum Gasteiger partial charge on any atom is -0.319 e. The van der Waals surface area contributed by atoms with Crippen LogP contribution in [0.1, 0.15) is 18.1 Å². The Labute approximate surface area is 110 Å². The summed E-state index contributed by atoms with van der Waals surface area (Å²) in [6, 6.07) is 17.5. The minimum atomic E-state index is 1.03. The predicted molar refractivity (Wildman–Crippen MR) is 78.9 cm³/mol. The highest BCUT2D eigenvalue weighted by atomic mass is 14.8. The average molecular weight is 239 g/mol. The average Bonchev–Trinajstić information content (AvgIpc) is 2.45. The van der Waals surface area contributed by atoms with Crippen LogP contribution in [0.15, 0.2) is 48.5 Å². The van der Waals surface area contributed by atoms with Gasteiger partial charge in [-0.15, -0.1) is 0 Å². The lowest BCUT2D eigenvalue weighted by Crippen LogP contribution is -2.10. The van der Waals surface area contributed by atoms with E-state index in [1.54, 1.807) is 0 Å². The monoisotopic (exact) mass is 239 g/mol. The fourth-order valence-electron chi connectivity index (χ4n) is 2.24. The summed E-state index contributed by atoms with van der Waals surface area (Å²) >= 11 is 0. The predicted octanol–water partition coefficient (Wildman–Crippen LogP) is 3.68. The van der Waals surface area contributed by atoms with Gasteiger partial charge in [0.2, 0.25) is 0 Å². The summed E-state index contributed by atoms with van der Waals surface area (Å²) in [5, 5.41) is 3.20. The van der Waals surface area contributed by atoms with E-state index in [0.29, 0.717) is 0 Å². The molecule has 0 saturated carbocycles. The van der Waals surface area contributed by atoms with Gasteiger partial charge in [0.25, 0.3) is 0 Å². The van der Waals surface area contributed by atoms with Gasteiger partial charge in [-0.2, -0.15) is 0 Å². The van der Waals surface area contributed by atoms with Crippen LogP contribution in [0.25, 0.3) is 11.1 Å². The topological polar surface area (TPSA) is 12.0 Å². The molecule has 0 saturated heterocycles. The van der Waals surface area contributed by atoms with Crippen molar-refractivity contribution in [1.29, 1.82) is 0 Å². The molecule has 1 N–H and O–H groups in total. The molecule has 0 aliphatic carbocycles. The lowest BCUT2D eigenvalue weighted by Gasteiger charge is -2.11. The standard InChI is InChI=1S/C17H21N/c1-3-15-10-9-14(11-12-18-2)13-17(15)16-7-5-4-6-8-16/h4-10,13,18H,3,11-12H2,1-2H3.